The van der Waals surface area contributed by atoms with Gasteiger partial charge in [0, 0.05) is 22.1 Å². The van der Waals surface area contributed by atoms with Crippen LogP contribution in [0.1, 0.15) is 40.4 Å². The molecule has 132 valence electrons. The molecule has 0 bridgehead atoms. The number of halogens is 1. The van der Waals surface area contributed by atoms with Crippen molar-refractivity contribution < 1.29 is 9.90 Å². The van der Waals surface area contributed by atoms with E-state index in [0.717, 1.165) is 33.2 Å². The van der Waals surface area contributed by atoms with Gasteiger partial charge in [0.15, 0.2) is 5.78 Å². The highest BCUT2D eigenvalue weighted by molar-refractivity contribution is 6.31. The molecule has 0 unspecified atom stereocenters. The average molecular weight is 367 g/mol. The van der Waals surface area contributed by atoms with E-state index < -0.39 is 6.61 Å². The minimum atomic E-state index is -0.484. The first-order valence-corrected chi connectivity index (χ1v) is 9.05. The summed E-state index contributed by atoms with van der Waals surface area (Å²) < 4.78 is 1.92. The number of nitrogens with zero attached hydrogens (tertiary/aromatic N) is 2. The fourth-order valence-corrected chi connectivity index (χ4v) is 3.18. The number of benzene rings is 2. The number of aliphatic hydroxyl groups excluding tert-OH is 1. The molecule has 2 aromatic carbocycles. The lowest BCUT2D eigenvalue weighted by molar-refractivity contribution is 0.0904. The molecule has 1 aliphatic rings. The zero-order valence-corrected chi connectivity index (χ0v) is 15.2. The third kappa shape index (κ3) is 3.18. The van der Waals surface area contributed by atoms with Crippen molar-refractivity contribution >= 4 is 17.4 Å². The minimum absolute atomic E-state index is 0.288. The van der Waals surface area contributed by atoms with Crippen molar-refractivity contribution in [1.82, 2.24) is 9.78 Å². The molecular formula is C21H19ClN2O2. The largest absolute Gasteiger partial charge is 0.388 e. The number of carbonyl (C=O) groups is 1. The number of carbonyl (C=O) groups excluding carboxylic acids is 1. The van der Waals surface area contributed by atoms with Crippen LogP contribution in [-0.2, 0) is 0 Å². The third-order valence-electron chi connectivity index (χ3n) is 4.76. The predicted octanol–water partition coefficient (Wildman–Crippen LogP) is 4.55. The fourth-order valence-electron chi connectivity index (χ4n) is 3.06. The Bertz CT molecular complexity index is 972. The van der Waals surface area contributed by atoms with Crippen molar-refractivity contribution in [3.8, 4) is 16.9 Å². The lowest BCUT2D eigenvalue weighted by Crippen LogP contribution is -2.05. The lowest BCUT2D eigenvalue weighted by Gasteiger charge is -2.09. The van der Waals surface area contributed by atoms with Gasteiger partial charge < -0.3 is 5.11 Å². The molecular weight excluding hydrogens is 348 g/mol. The fraction of sp³-hybridized carbons (Fsp3) is 0.238. The van der Waals surface area contributed by atoms with Gasteiger partial charge in [-0.1, -0.05) is 17.7 Å². The highest BCUT2D eigenvalue weighted by Gasteiger charge is 2.28. The zero-order valence-electron chi connectivity index (χ0n) is 14.4. The number of Topliss-reactive ketones (excluding diaryl/α,β-unsaturated/α-hetero) is 1. The van der Waals surface area contributed by atoms with Crippen LogP contribution in [0.3, 0.4) is 0 Å². The predicted molar refractivity (Wildman–Crippen MR) is 102 cm³/mol. The third-order valence-corrected chi connectivity index (χ3v) is 5.18. The smallest absolute Gasteiger partial charge is 0.188 e. The monoisotopic (exact) mass is 366 g/mol. The SMILES string of the molecule is Cc1cc(-c2cc(C3CC3)nn2-c2ccc(C(=O)CO)cc2)ccc1Cl. The van der Waals surface area contributed by atoms with Crippen molar-refractivity contribution in [2.45, 2.75) is 25.7 Å². The maximum Gasteiger partial charge on any atom is 0.188 e. The van der Waals surface area contributed by atoms with Crippen molar-refractivity contribution in [2.75, 3.05) is 6.61 Å². The van der Waals surface area contributed by atoms with Gasteiger partial charge in [0.05, 0.1) is 17.1 Å². The second kappa shape index (κ2) is 6.71. The van der Waals surface area contributed by atoms with Crippen molar-refractivity contribution in [3.05, 3.63) is 70.4 Å². The van der Waals surface area contributed by atoms with Crippen molar-refractivity contribution in [1.29, 1.82) is 0 Å². The van der Waals surface area contributed by atoms with Gasteiger partial charge >= 0.3 is 0 Å². The van der Waals surface area contributed by atoms with Gasteiger partial charge in [-0.15, -0.1) is 0 Å². The Kier molecular flexibility index (Phi) is 4.39. The normalized spacial score (nSPS) is 13.8. The molecule has 1 saturated carbocycles. The number of rotatable bonds is 5. The molecule has 5 heteroatoms. The lowest BCUT2D eigenvalue weighted by atomic mass is 10.1. The van der Waals surface area contributed by atoms with Crippen LogP contribution in [0.25, 0.3) is 16.9 Å². The van der Waals surface area contributed by atoms with Gasteiger partial charge in [-0.25, -0.2) is 4.68 Å². The molecule has 1 fully saturated rings. The molecule has 26 heavy (non-hydrogen) atoms. The Hall–Kier alpha value is -2.43. The van der Waals surface area contributed by atoms with Crippen LogP contribution >= 0.6 is 11.6 Å². The molecule has 0 atom stereocenters. The van der Waals surface area contributed by atoms with Crippen LogP contribution in [0.5, 0.6) is 0 Å². The van der Waals surface area contributed by atoms with Gasteiger partial charge in [0.1, 0.15) is 6.61 Å². The van der Waals surface area contributed by atoms with E-state index in [1.807, 2.05) is 35.9 Å². The Balaban J connectivity index is 1.79. The second-order valence-corrected chi connectivity index (χ2v) is 7.14. The summed E-state index contributed by atoms with van der Waals surface area (Å²) in [5, 5.41) is 14.6. The number of hydrogen-bond donors (Lipinski definition) is 1. The van der Waals surface area contributed by atoms with Gasteiger partial charge in [0.25, 0.3) is 0 Å². The summed E-state index contributed by atoms with van der Waals surface area (Å²) in [5.74, 6) is 0.253. The van der Waals surface area contributed by atoms with Crippen LogP contribution in [-0.4, -0.2) is 27.3 Å². The van der Waals surface area contributed by atoms with Crippen molar-refractivity contribution in [3.63, 3.8) is 0 Å². The summed E-state index contributed by atoms with van der Waals surface area (Å²) in [6, 6.07) is 15.3. The van der Waals surface area contributed by atoms with Crippen LogP contribution in [0.2, 0.25) is 5.02 Å². The highest BCUT2D eigenvalue weighted by atomic mass is 35.5. The molecule has 1 aliphatic carbocycles. The van der Waals surface area contributed by atoms with E-state index in [1.54, 1.807) is 12.1 Å². The Morgan fingerprint density at radius 3 is 2.54 bits per heavy atom. The maximum absolute atomic E-state index is 11.6. The molecule has 4 nitrogen and oxygen atoms in total. The summed E-state index contributed by atoms with van der Waals surface area (Å²) >= 11 is 6.18. The zero-order chi connectivity index (χ0) is 18.3. The van der Waals surface area contributed by atoms with Gasteiger partial charge in [-0.3, -0.25) is 4.79 Å². The summed E-state index contributed by atoms with van der Waals surface area (Å²) in [6.45, 7) is 1.51. The quantitative estimate of drug-likeness (QED) is 0.674. The molecule has 0 amide bonds. The van der Waals surface area contributed by atoms with E-state index in [-0.39, 0.29) is 5.78 Å². The first-order valence-electron chi connectivity index (χ1n) is 8.68. The van der Waals surface area contributed by atoms with Gasteiger partial charge in [0.2, 0.25) is 0 Å². The maximum atomic E-state index is 11.6. The minimum Gasteiger partial charge on any atom is -0.388 e. The standard InChI is InChI=1S/C21H19ClN2O2/c1-13-10-16(6-9-18(13)22)20-11-19(14-2-3-14)23-24(20)17-7-4-15(5-8-17)21(26)12-25/h4-11,14,25H,2-3,12H2,1H3. The number of aryl methyl sites for hydroxylation is 1. The Labute approximate surface area is 157 Å². The summed E-state index contributed by atoms with van der Waals surface area (Å²) in [4.78, 5) is 11.6. The van der Waals surface area contributed by atoms with E-state index in [0.29, 0.717) is 11.5 Å². The van der Waals surface area contributed by atoms with E-state index >= 15 is 0 Å². The number of ketones is 1. The first kappa shape index (κ1) is 17.0. The molecule has 1 N–H and O–H groups in total. The summed E-state index contributed by atoms with van der Waals surface area (Å²) in [6.07, 6.45) is 2.36. The molecule has 1 heterocycles. The Morgan fingerprint density at radius 1 is 1.19 bits per heavy atom. The first-order chi connectivity index (χ1) is 12.6. The van der Waals surface area contributed by atoms with E-state index in [2.05, 4.69) is 12.1 Å². The van der Waals surface area contributed by atoms with Crippen LogP contribution in [0.4, 0.5) is 0 Å². The van der Waals surface area contributed by atoms with Gasteiger partial charge in [-0.05, 0) is 67.8 Å². The van der Waals surface area contributed by atoms with Crippen LogP contribution in [0, 0.1) is 6.92 Å². The number of hydrogen-bond acceptors (Lipinski definition) is 3. The average Bonchev–Trinajstić information content (AvgIpc) is 3.42. The van der Waals surface area contributed by atoms with Crippen LogP contribution < -0.4 is 0 Å². The molecule has 0 aliphatic heterocycles. The molecule has 4 rings (SSSR count). The molecule has 1 aromatic heterocycles. The molecule has 0 spiro atoms. The second-order valence-electron chi connectivity index (χ2n) is 6.73. The summed E-state index contributed by atoms with van der Waals surface area (Å²) in [7, 11) is 0. The van der Waals surface area contributed by atoms with Crippen LogP contribution in [0.15, 0.2) is 48.5 Å². The van der Waals surface area contributed by atoms with Gasteiger partial charge in [-0.2, -0.15) is 5.10 Å². The molecule has 0 radical (unpaired) electrons. The Morgan fingerprint density at radius 2 is 1.92 bits per heavy atom. The van der Waals surface area contributed by atoms with E-state index in [9.17, 15) is 4.79 Å². The highest BCUT2D eigenvalue weighted by Crippen LogP contribution is 2.41. The topological polar surface area (TPSA) is 55.1 Å². The van der Waals surface area contributed by atoms with E-state index in [4.69, 9.17) is 21.8 Å². The summed E-state index contributed by atoms with van der Waals surface area (Å²) in [5.41, 5.74) is 5.57. The molecule has 3 aromatic rings. The van der Waals surface area contributed by atoms with Crippen molar-refractivity contribution in [2.24, 2.45) is 0 Å². The van der Waals surface area contributed by atoms with E-state index in [1.165, 1.54) is 12.8 Å². The number of aliphatic hydroxyl groups is 1. The molecule has 0 saturated heterocycles. The number of aromatic nitrogens is 2.